The molecule has 1 heterocycles. The highest BCUT2D eigenvalue weighted by Crippen LogP contribution is 2.31. The molecule has 2 aromatic rings. The van der Waals surface area contributed by atoms with Crippen molar-refractivity contribution < 1.29 is 5.11 Å². The molecule has 4 heteroatoms. The van der Waals surface area contributed by atoms with Crippen molar-refractivity contribution in [2.45, 2.75) is 19.0 Å². The van der Waals surface area contributed by atoms with Crippen LogP contribution in [0.4, 0.5) is 5.69 Å². The lowest BCUT2D eigenvalue weighted by atomic mass is 9.99. The highest BCUT2D eigenvalue weighted by atomic mass is 35.5. The van der Waals surface area contributed by atoms with E-state index in [-0.39, 0.29) is 11.8 Å². The van der Waals surface area contributed by atoms with Crippen LogP contribution in [0.5, 0.6) is 5.75 Å². The van der Waals surface area contributed by atoms with Gasteiger partial charge in [-0.05, 0) is 42.3 Å². The third-order valence-corrected chi connectivity index (χ3v) is 3.95. The second kappa shape index (κ2) is 5.73. The van der Waals surface area contributed by atoms with Gasteiger partial charge < -0.3 is 15.7 Å². The number of anilines is 1. The zero-order valence-corrected chi connectivity index (χ0v) is 11.8. The molecule has 0 saturated carbocycles. The molecule has 2 aromatic carbocycles. The zero-order chi connectivity index (χ0) is 13.9. The minimum Gasteiger partial charge on any atom is -0.506 e. The fraction of sp³-hybridized carbons (Fsp3) is 0.250. The van der Waals surface area contributed by atoms with Gasteiger partial charge in [0.2, 0.25) is 0 Å². The minimum atomic E-state index is 0.111. The van der Waals surface area contributed by atoms with Crippen molar-refractivity contribution in [2.75, 3.05) is 11.9 Å². The van der Waals surface area contributed by atoms with Crippen LogP contribution in [-0.2, 0) is 6.54 Å². The topological polar surface area (TPSA) is 44.3 Å². The summed E-state index contributed by atoms with van der Waals surface area (Å²) in [5.41, 5.74) is 3.57. The number of nitrogens with one attached hydrogen (secondary N) is 2. The Morgan fingerprint density at radius 2 is 2.05 bits per heavy atom. The third kappa shape index (κ3) is 2.74. The molecule has 0 saturated heterocycles. The standard InChI is InChI=1S/C16H17ClN2O/c17-14-9-12(5-6-16(14)20)19-15-7-8-18-10-11-3-1-2-4-13(11)15/h1-6,9,15,18-20H,7-8,10H2. The predicted octanol–water partition coefficient (Wildman–Crippen LogP) is 3.69. The number of phenolic OH excluding ortho intramolecular Hbond substituents is 1. The summed E-state index contributed by atoms with van der Waals surface area (Å²) in [6.07, 6.45) is 1.01. The largest absolute Gasteiger partial charge is 0.506 e. The van der Waals surface area contributed by atoms with E-state index < -0.39 is 0 Å². The fourth-order valence-corrected chi connectivity index (χ4v) is 2.79. The van der Waals surface area contributed by atoms with E-state index >= 15 is 0 Å². The van der Waals surface area contributed by atoms with E-state index in [4.69, 9.17) is 11.6 Å². The van der Waals surface area contributed by atoms with Gasteiger partial charge in [-0.2, -0.15) is 0 Å². The third-order valence-electron chi connectivity index (χ3n) is 3.64. The summed E-state index contributed by atoms with van der Waals surface area (Å²) in [5, 5.41) is 16.8. The van der Waals surface area contributed by atoms with Gasteiger partial charge in [-0.1, -0.05) is 35.9 Å². The molecule has 1 aliphatic rings. The van der Waals surface area contributed by atoms with Gasteiger partial charge in [0.05, 0.1) is 11.1 Å². The molecule has 1 unspecified atom stereocenters. The van der Waals surface area contributed by atoms with Crippen LogP contribution in [-0.4, -0.2) is 11.7 Å². The van der Waals surface area contributed by atoms with Crippen LogP contribution < -0.4 is 10.6 Å². The lowest BCUT2D eigenvalue weighted by molar-refractivity contribution is 0.475. The Balaban J connectivity index is 1.88. The molecule has 0 aromatic heterocycles. The van der Waals surface area contributed by atoms with Gasteiger partial charge in [-0.25, -0.2) is 0 Å². The van der Waals surface area contributed by atoms with Gasteiger partial charge >= 0.3 is 0 Å². The summed E-state index contributed by atoms with van der Waals surface area (Å²) in [4.78, 5) is 0. The molecule has 0 amide bonds. The Hall–Kier alpha value is -1.71. The highest BCUT2D eigenvalue weighted by Gasteiger charge is 2.18. The molecule has 3 N–H and O–H groups in total. The average molecular weight is 289 g/mol. The summed E-state index contributed by atoms with van der Waals surface area (Å²) >= 11 is 5.96. The summed E-state index contributed by atoms with van der Waals surface area (Å²) < 4.78 is 0. The molecular weight excluding hydrogens is 272 g/mol. The zero-order valence-electron chi connectivity index (χ0n) is 11.1. The van der Waals surface area contributed by atoms with Crippen molar-refractivity contribution in [1.29, 1.82) is 0 Å². The van der Waals surface area contributed by atoms with Gasteiger partial charge in [0, 0.05) is 12.2 Å². The first-order valence-electron chi connectivity index (χ1n) is 6.77. The molecule has 0 spiro atoms. The Morgan fingerprint density at radius 1 is 1.20 bits per heavy atom. The van der Waals surface area contributed by atoms with Crippen LogP contribution in [0.3, 0.4) is 0 Å². The van der Waals surface area contributed by atoms with Gasteiger partial charge in [-0.15, -0.1) is 0 Å². The minimum absolute atomic E-state index is 0.111. The fourth-order valence-electron chi connectivity index (χ4n) is 2.61. The second-order valence-electron chi connectivity index (χ2n) is 5.03. The molecule has 3 nitrogen and oxygen atoms in total. The molecule has 1 aliphatic heterocycles. The Labute approximate surface area is 123 Å². The number of rotatable bonds is 2. The number of fused-ring (bicyclic) bond motifs is 1. The van der Waals surface area contributed by atoms with Crippen LogP contribution in [0.2, 0.25) is 5.02 Å². The number of halogens is 1. The van der Waals surface area contributed by atoms with Crippen molar-refractivity contribution in [1.82, 2.24) is 5.32 Å². The Bertz CT molecular complexity index is 615. The van der Waals surface area contributed by atoms with E-state index in [0.717, 1.165) is 25.2 Å². The normalized spacial score (nSPS) is 18.1. The molecular formula is C16H17ClN2O. The number of phenols is 1. The second-order valence-corrected chi connectivity index (χ2v) is 5.43. The van der Waals surface area contributed by atoms with Crippen molar-refractivity contribution in [3.8, 4) is 5.75 Å². The monoisotopic (exact) mass is 288 g/mol. The van der Waals surface area contributed by atoms with Crippen LogP contribution in [0.1, 0.15) is 23.6 Å². The van der Waals surface area contributed by atoms with Crippen molar-refractivity contribution >= 4 is 17.3 Å². The summed E-state index contributed by atoms with van der Waals surface area (Å²) in [6, 6.07) is 13.9. The van der Waals surface area contributed by atoms with E-state index in [1.54, 1.807) is 12.1 Å². The van der Waals surface area contributed by atoms with Crippen molar-refractivity contribution in [2.24, 2.45) is 0 Å². The average Bonchev–Trinajstić information content (AvgIpc) is 2.66. The number of hydrogen-bond acceptors (Lipinski definition) is 3. The molecule has 0 aliphatic carbocycles. The number of aromatic hydroxyl groups is 1. The molecule has 20 heavy (non-hydrogen) atoms. The quantitative estimate of drug-likeness (QED) is 0.739. The molecule has 1 atom stereocenters. The van der Waals surface area contributed by atoms with Crippen molar-refractivity contribution in [3.05, 3.63) is 58.6 Å². The molecule has 104 valence electrons. The van der Waals surface area contributed by atoms with Gasteiger partial charge in [0.25, 0.3) is 0 Å². The maximum atomic E-state index is 9.48. The number of hydrogen-bond donors (Lipinski definition) is 3. The summed E-state index contributed by atoms with van der Waals surface area (Å²) in [6.45, 7) is 1.88. The highest BCUT2D eigenvalue weighted by molar-refractivity contribution is 6.32. The Morgan fingerprint density at radius 3 is 2.90 bits per heavy atom. The maximum absolute atomic E-state index is 9.48. The SMILES string of the molecule is Oc1ccc(NC2CCNCc3ccccc32)cc1Cl. The van der Waals surface area contributed by atoms with Crippen LogP contribution >= 0.6 is 11.6 Å². The predicted molar refractivity (Wildman–Crippen MR) is 82.2 cm³/mol. The van der Waals surface area contributed by atoms with E-state index in [2.05, 4.69) is 34.9 Å². The first-order valence-corrected chi connectivity index (χ1v) is 7.15. The molecule has 0 radical (unpaired) electrons. The van der Waals surface area contributed by atoms with Gasteiger partial charge in [0.1, 0.15) is 5.75 Å². The first-order chi connectivity index (χ1) is 9.74. The lowest BCUT2D eigenvalue weighted by Gasteiger charge is -2.20. The van der Waals surface area contributed by atoms with Crippen molar-refractivity contribution in [3.63, 3.8) is 0 Å². The molecule has 3 rings (SSSR count). The lowest BCUT2D eigenvalue weighted by Crippen LogP contribution is -2.15. The number of benzene rings is 2. The summed E-state index contributed by atoms with van der Waals surface area (Å²) in [5.74, 6) is 0.111. The van der Waals surface area contributed by atoms with Crippen LogP contribution in [0, 0.1) is 0 Å². The Kier molecular flexibility index (Phi) is 3.81. The molecule has 0 fully saturated rings. The maximum Gasteiger partial charge on any atom is 0.134 e. The van der Waals surface area contributed by atoms with Crippen LogP contribution in [0.25, 0.3) is 0 Å². The molecule has 0 bridgehead atoms. The van der Waals surface area contributed by atoms with E-state index in [0.29, 0.717) is 5.02 Å². The van der Waals surface area contributed by atoms with E-state index in [1.807, 2.05) is 6.07 Å². The van der Waals surface area contributed by atoms with Gasteiger partial charge in [-0.3, -0.25) is 0 Å². The first kappa shape index (κ1) is 13.3. The van der Waals surface area contributed by atoms with Gasteiger partial charge in [0.15, 0.2) is 0 Å². The summed E-state index contributed by atoms with van der Waals surface area (Å²) in [7, 11) is 0. The van der Waals surface area contributed by atoms with E-state index in [1.165, 1.54) is 11.1 Å². The smallest absolute Gasteiger partial charge is 0.134 e. The van der Waals surface area contributed by atoms with E-state index in [9.17, 15) is 5.11 Å². The van der Waals surface area contributed by atoms with Crippen LogP contribution in [0.15, 0.2) is 42.5 Å².